The number of carbonyl (C=O) groups excluding carboxylic acids is 2. The average Bonchev–Trinajstić information content (AvgIpc) is 2.96. The van der Waals surface area contributed by atoms with Crippen molar-refractivity contribution < 1.29 is 18.0 Å². The quantitative estimate of drug-likeness (QED) is 0.717. The van der Waals surface area contributed by atoms with Gasteiger partial charge in [0, 0.05) is 12.7 Å². The Morgan fingerprint density at radius 2 is 1.89 bits per heavy atom. The molecular weight excluding hydrogens is 382 g/mol. The summed E-state index contributed by atoms with van der Waals surface area (Å²) in [6.45, 7) is 3.43. The summed E-state index contributed by atoms with van der Waals surface area (Å²) >= 11 is 0. The van der Waals surface area contributed by atoms with Crippen LogP contribution in [0.15, 0.2) is 30.5 Å². The minimum Gasteiger partial charge on any atom is -0.325 e. The number of hydrogen-bond acceptors (Lipinski definition) is 6. The van der Waals surface area contributed by atoms with Crippen LogP contribution < -0.4 is 10.6 Å². The molecule has 0 bridgehead atoms. The van der Waals surface area contributed by atoms with Gasteiger partial charge in [-0.1, -0.05) is 24.6 Å². The topological polar surface area (TPSA) is 134 Å². The van der Waals surface area contributed by atoms with Crippen LogP contribution >= 0.6 is 0 Å². The van der Waals surface area contributed by atoms with Crippen LogP contribution in [0.2, 0.25) is 0 Å². The van der Waals surface area contributed by atoms with Crippen molar-refractivity contribution >= 4 is 33.2 Å². The van der Waals surface area contributed by atoms with Crippen LogP contribution in [-0.4, -0.2) is 41.0 Å². The minimum absolute atomic E-state index is 0.0221. The maximum absolute atomic E-state index is 12.6. The van der Waals surface area contributed by atoms with E-state index in [4.69, 9.17) is 5.26 Å². The van der Waals surface area contributed by atoms with E-state index in [9.17, 15) is 18.0 Å². The van der Waals surface area contributed by atoms with Gasteiger partial charge in [-0.05, 0) is 25.5 Å². The first kappa shape index (κ1) is 21.1. The molecule has 0 aliphatic rings. The van der Waals surface area contributed by atoms with Crippen LogP contribution in [0.25, 0.3) is 0 Å². The minimum atomic E-state index is -4.07. The van der Waals surface area contributed by atoms with Gasteiger partial charge in [0.1, 0.15) is 28.5 Å². The molecule has 10 heteroatoms. The SMILES string of the molecule is CCC(C(=O)Nc1c(C#N)cnn1C)S(=O)(=O)CC(=O)Nc1ccc(C)cc1. The van der Waals surface area contributed by atoms with E-state index >= 15 is 0 Å². The number of aryl methyl sites for hydroxylation is 2. The molecule has 1 atom stereocenters. The van der Waals surface area contributed by atoms with E-state index < -0.39 is 32.7 Å². The fraction of sp³-hybridized carbons (Fsp3) is 0.333. The molecule has 0 spiro atoms. The lowest BCUT2D eigenvalue weighted by Gasteiger charge is -2.16. The van der Waals surface area contributed by atoms with Gasteiger partial charge in [0.05, 0.1) is 6.20 Å². The van der Waals surface area contributed by atoms with Crippen LogP contribution in [0, 0.1) is 18.3 Å². The van der Waals surface area contributed by atoms with Gasteiger partial charge in [-0.15, -0.1) is 0 Å². The number of nitriles is 1. The van der Waals surface area contributed by atoms with Crippen molar-refractivity contribution in [3.63, 3.8) is 0 Å². The predicted octanol–water partition coefficient (Wildman–Crippen LogP) is 1.37. The maximum atomic E-state index is 12.6. The third-order valence-electron chi connectivity index (χ3n) is 4.07. The number of nitrogens with zero attached hydrogens (tertiary/aromatic N) is 3. The normalized spacial score (nSPS) is 12.1. The molecule has 1 aromatic heterocycles. The Hall–Kier alpha value is -3.19. The first-order valence-corrected chi connectivity index (χ1v) is 10.2. The third kappa shape index (κ3) is 4.95. The predicted molar refractivity (Wildman–Crippen MR) is 104 cm³/mol. The number of rotatable bonds is 7. The summed E-state index contributed by atoms with van der Waals surface area (Å²) in [4.78, 5) is 24.7. The van der Waals surface area contributed by atoms with E-state index in [-0.39, 0.29) is 17.8 Å². The molecule has 0 saturated heterocycles. The summed E-state index contributed by atoms with van der Waals surface area (Å²) < 4.78 is 26.5. The van der Waals surface area contributed by atoms with Crippen molar-refractivity contribution in [3.05, 3.63) is 41.6 Å². The maximum Gasteiger partial charge on any atom is 0.243 e. The number of carbonyl (C=O) groups is 2. The number of benzene rings is 1. The molecule has 0 saturated carbocycles. The van der Waals surface area contributed by atoms with Crippen LogP contribution in [0.1, 0.15) is 24.5 Å². The van der Waals surface area contributed by atoms with Gasteiger partial charge < -0.3 is 10.6 Å². The lowest BCUT2D eigenvalue weighted by Crippen LogP contribution is -2.39. The van der Waals surface area contributed by atoms with Crippen LogP contribution in [0.5, 0.6) is 0 Å². The second kappa shape index (κ2) is 8.67. The Labute approximate surface area is 163 Å². The number of sulfone groups is 1. The summed E-state index contributed by atoms with van der Waals surface area (Å²) in [6, 6.07) is 8.76. The summed E-state index contributed by atoms with van der Waals surface area (Å²) in [5.74, 6) is -2.27. The van der Waals surface area contributed by atoms with E-state index in [0.29, 0.717) is 5.69 Å². The number of nitrogens with one attached hydrogen (secondary N) is 2. The van der Waals surface area contributed by atoms with E-state index in [0.717, 1.165) is 5.56 Å². The molecular formula is C18H21N5O4S. The molecule has 0 radical (unpaired) electrons. The van der Waals surface area contributed by atoms with Gasteiger partial charge in [-0.25, -0.2) is 8.42 Å². The molecule has 1 heterocycles. The summed E-state index contributed by atoms with van der Waals surface area (Å²) in [5.41, 5.74) is 1.58. The number of aromatic nitrogens is 2. The highest BCUT2D eigenvalue weighted by molar-refractivity contribution is 7.93. The van der Waals surface area contributed by atoms with Crippen molar-refractivity contribution in [2.45, 2.75) is 25.5 Å². The fourth-order valence-electron chi connectivity index (χ4n) is 2.58. The fourth-order valence-corrected chi connectivity index (χ4v) is 4.12. The molecule has 2 amide bonds. The molecule has 28 heavy (non-hydrogen) atoms. The zero-order valence-electron chi connectivity index (χ0n) is 15.8. The molecule has 2 rings (SSSR count). The number of amides is 2. The van der Waals surface area contributed by atoms with Gasteiger partial charge in [0.25, 0.3) is 0 Å². The second-order valence-corrected chi connectivity index (χ2v) is 8.43. The van der Waals surface area contributed by atoms with E-state index in [1.54, 1.807) is 24.3 Å². The van der Waals surface area contributed by atoms with Crippen molar-refractivity contribution in [1.82, 2.24) is 9.78 Å². The highest BCUT2D eigenvalue weighted by atomic mass is 32.2. The molecule has 0 aliphatic carbocycles. The monoisotopic (exact) mass is 403 g/mol. The number of hydrogen-bond donors (Lipinski definition) is 2. The summed E-state index contributed by atoms with van der Waals surface area (Å²) in [6.07, 6.45) is 1.24. The van der Waals surface area contributed by atoms with Crippen molar-refractivity contribution in [1.29, 1.82) is 5.26 Å². The molecule has 0 aliphatic heterocycles. The highest BCUT2D eigenvalue weighted by Gasteiger charge is 2.33. The lowest BCUT2D eigenvalue weighted by atomic mass is 10.2. The van der Waals surface area contributed by atoms with E-state index in [1.807, 2.05) is 13.0 Å². The molecule has 9 nitrogen and oxygen atoms in total. The summed E-state index contributed by atoms with van der Waals surface area (Å²) in [7, 11) is -2.56. The third-order valence-corrected chi connectivity index (χ3v) is 6.14. The zero-order valence-corrected chi connectivity index (χ0v) is 16.6. The number of anilines is 2. The smallest absolute Gasteiger partial charge is 0.243 e. The van der Waals surface area contributed by atoms with Gasteiger partial charge in [-0.2, -0.15) is 10.4 Å². The molecule has 148 valence electrons. The standard InChI is InChI=1S/C18H21N5O4S/c1-4-15(18(25)22-17-13(9-19)10-20-23(17)3)28(26,27)11-16(24)21-14-7-5-12(2)6-8-14/h5-8,10,15H,4,11H2,1-3H3,(H,21,24)(H,22,25). The largest absolute Gasteiger partial charge is 0.325 e. The molecule has 2 N–H and O–H groups in total. The second-order valence-electron chi connectivity index (χ2n) is 6.25. The molecule has 0 fully saturated rings. The lowest BCUT2D eigenvalue weighted by molar-refractivity contribution is -0.115. The van der Waals surface area contributed by atoms with Crippen molar-refractivity contribution in [2.24, 2.45) is 7.05 Å². The Morgan fingerprint density at radius 3 is 2.46 bits per heavy atom. The van der Waals surface area contributed by atoms with Crippen molar-refractivity contribution in [3.8, 4) is 6.07 Å². The van der Waals surface area contributed by atoms with Gasteiger partial charge >= 0.3 is 0 Å². The zero-order chi connectivity index (χ0) is 20.9. The van der Waals surface area contributed by atoms with E-state index in [2.05, 4.69) is 15.7 Å². The van der Waals surface area contributed by atoms with Gasteiger partial charge in [0.2, 0.25) is 11.8 Å². The van der Waals surface area contributed by atoms with Gasteiger partial charge in [0.15, 0.2) is 9.84 Å². The Kier molecular flexibility index (Phi) is 6.53. The molecule has 2 aromatic rings. The first-order chi connectivity index (χ1) is 13.2. The van der Waals surface area contributed by atoms with Crippen LogP contribution in [-0.2, 0) is 26.5 Å². The Bertz CT molecular complexity index is 1020. The average molecular weight is 403 g/mol. The molecule has 1 unspecified atom stereocenters. The van der Waals surface area contributed by atoms with Gasteiger partial charge in [-0.3, -0.25) is 14.3 Å². The van der Waals surface area contributed by atoms with Crippen LogP contribution in [0.3, 0.4) is 0 Å². The first-order valence-electron chi connectivity index (χ1n) is 8.49. The molecule has 1 aromatic carbocycles. The van der Waals surface area contributed by atoms with E-state index in [1.165, 1.54) is 24.9 Å². The summed E-state index contributed by atoms with van der Waals surface area (Å²) in [5, 5.41) is 16.4. The van der Waals surface area contributed by atoms with Crippen molar-refractivity contribution in [2.75, 3.05) is 16.4 Å². The Balaban J connectivity index is 2.11. The highest BCUT2D eigenvalue weighted by Crippen LogP contribution is 2.16. The van der Waals surface area contributed by atoms with Crippen LogP contribution in [0.4, 0.5) is 11.5 Å². The Morgan fingerprint density at radius 1 is 1.25 bits per heavy atom.